The van der Waals surface area contributed by atoms with Crippen molar-refractivity contribution in [3.63, 3.8) is 0 Å². The normalized spacial score (nSPS) is 16.6. The molecule has 3 aromatic heterocycles. The molecular formula is C18H22N4O3S3. The van der Waals surface area contributed by atoms with Crippen LogP contribution >= 0.6 is 22.7 Å². The molecule has 10 heteroatoms. The van der Waals surface area contributed by atoms with E-state index in [1.165, 1.54) is 22.7 Å². The van der Waals surface area contributed by atoms with Gasteiger partial charge in [-0.1, -0.05) is 6.92 Å². The SMILES string of the molecule is CCc1ccc(S(=O)(=O)N2CCC(Cc3n[nH]c(=O)n3-c3cccs3)CC2)s1. The van der Waals surface area contributed by atoms with E-state index in [0.29, 0.717) is 35.5 Å². The highest BCUT2D eigenvalue weighted by Gasteiger charge is 2.31. The lowest BCUT2D eigenvalue weighted by molar-refractivity contribution is 0.270. The summed E-state index contributed by atoms with van der Waals surface area (Å²) >= 11 is 2.85. The largest absolute Gasteiger partial charge is 0.348 e. The van der Waals surface area contributed by atoms with Crippen molar-refractivity contribution >= 4 is 32.7 Å². The van der Waals surface area contributed by atoms with Gasteiger partial charge in [0, 0.05) is 24.4 Å². The molecule has 4 heterocycles. The van der Waals surface area contributed by atoms with Crippen LogP contribution in [0.15, 0.2) is 38.6 Å². The zero-order chi connectivity index (χ0) is 19.7. The summed E-state index contributed by atoms with van der Waals surface area (Å²) in [7, 11) is -3.41. The number of aromatic nitrogens is 3. The van der Waals surface area contributed by atoms with E-state index < -0.39 is 10.0 Å². The van der Waals surface area contributed by atoms with E-state index in [-0.39, 0.29) is 5.69 Å². The van der Waals surface area contributed by atoms with Gasteiger partial charge in [0.1, 0.15) is 15.0 Å². The molecule has 3 aromatic rings. The first-order chi connectivity index (χ1) is 13.5. The van der Waals surface area contributed by atoms with E-state index in [2.05, 4.69) is 10.2 Å². The standard InChI is InChI=1S/C18H22N4O3S3/c1-2-14-5-6-17(27-14)28(24,25)21-9-7-13(8-10-21)12-15-19-20-18(23)22(15)16-4-3-11-26-16/h3-6,11,13H,2,7-10,12H2,1H3,(H,20,23). The summed E-state index contributed by atoms with van der Waals surface area (Å²) in [5.74, 6) is 1.01. The van der Waals surface area contributed by atoms with Crippen LogP contribution in [0.5, 0.6) is 0 Å². The fourth-order valence-corrected chi connectivity index (χ4v) is 7.18. The summed E-state index contributed by atoms with van der Waals surface area (Å²) in [5, 5.41) is 9.50. The Morgan fingerprint density at radius 1 is 1.25 bits per heavy atom. The Morgan fingerprint density at radius 2 is 2.04 bits per heavy atom. The van der Waals surface area contributed by atoms with E-state index in [9.17, 15) is 13.2 Å². The number of thiophene rings is 2. The number of nitrogens with zero attached hydrogens (tertiary/aromatic N) is 3. The summed E-state index contributed by atoms with van der Waals surface area (Å²) in [4.78, 5) is 13.2. The van der Waals surface area contributed by atoms with Crippen LogP contribution in [0.4, 0.5) is 0 Å². The maximum Gasteiger partial charge on any atom is 0.348 e. The minimum Gasteiger partial charge on any atom is -0.246 e. The lowest BCUT2D eigenvalue weighted by Crippen LogP contribution is -2.38. The predicted molar refractivity (Wildman–Crippen MR) is 111 cm³/mol. The molecule has 0 aliphatic carbocycles. The maximum absolute atomic E-state index is 12.9. The monoisotopic (exact) mass is 438 g/mol. The lowest BCUT2D eigenvalue weighted by atomic mass is 9.94. The van der Waals surface area contributed by atoms with Crippen LogP contribution in [0.25, 0.3) is 5.00 Å². The molecule has 150 valence electrons. The molecule has 0 amide bonds. The first-order valence-electron chi connectivity index (χ1n) is 9.28. The first kappa shape index (κ1) is 19.6. The molecule has 1 fully saturated rings. The first-order valence-corrected chi connectivity index (χ1v) is 12.4. The number of nitrogens with one attached hydrogen (secondary N) is 1. The smallest absolute Gasteiger partial charge is 0.246 e. The van der Waals surface area contributed by atoms with E-state index in [4.69, 9.17) is 0 Å². The second-order valence-corrected chi connectivity index (χ2v) is 11.1. The molecule has 28 heavy (non-hydrogen) atoms. The number of aryl methyl sites for hydroxylation is 1. The Bertz CT molecular complexity index is 1090. The number of sulfonamides is 1. The van der Waals surface area contributed by atoms with Gasteiger partial charge in [0.2, 0.25) is 0 Å². The van der Waals surface area contributed by atoms with Crippen molar-refractivity contribution in [3.8, 4) is 5.00 Å². The minimum absolute atomic E-state index is 0.234. The van der Waals surface area contributed by atoms with E-state index in [1.807, 2.05) is 30.5 Å². The van der Waals surface area contributed by atoms with Crippen LogP contribution < -0.4 is 5.69 Å². The molecule has 0 aromatic carbocycles. The zero-order valence-corrected chi connectivity index (χ0v) is 17.9. The van der Waals surface area contributed by atoms with Gasteiger partial charge in [-0.3, -0.25) is 0 Å². The van der Waals surface area contributed by atoms with Crippen LogP contribution in [0, 0.1) is 5.92 Å². The van der Waals surface area contributed by atoms with Gasteiger partial charge in [0.15, 0.2) is 0 Å². The second kappa shape index (κ2) is 7.94. The van der Waals surface area contributed by atoms with Crippen LogP contribution in [-0.4, -0.2) is 40.6 Å². The number of hydrogen-bond donors (Lipinski definition) is 1. The lowest BCUT2D eigenvalue weighted by Gasteiger charge is -2.30. The quantitative estimate of drug-likeness (QED) is 0.641. The molecule has 0 unspecified atom stereocenters. The summed E-state index contributed by atoms with van der Waals surface area (Å²) < 4.78 is 29.4. The van der Waals surface area contributed by atoms with Crippen molar-refractivity contribution in [2.24, 2.45) is 5.92 Å². The molecule has 1 saturated heterocycles. The molecule has 0 bridgehead atoms. The molecule has 1 N–H and O–H groups in total. The highest BCUT2D eigenvalue weighted by Crippen LogP contribution is 2.29. The Hall–Kier alpha value is -1.75. The minimum atomic E-state index is -3.41. The Kier molecular flexibility index (Phi) is 5.55. The van der Waals surface area contributed by atoms with Gasteiger partial charge >= 0.3 is 5.69 Å². The summed E-state index contributed by atoms with van der Waals surface area (Å²) in [6.45, 7) is 3.03. The Morgan fingerprint density at radius 3 is 2.68 bits per heavy atom. The van der Waals surface area contributed by atoms with Crippen molar-refractivity contribution in [1.29, 1.82) is 0 Å². The highest BCUT2D eigenvalue weighted by atomic mass is 32.2. The highest BCUT2D eigenvalue weighted by molar-refractivity contribution is 7.91. The third-order valence-corrected chi connectivity index (χ3v) is 9.54. The van der Waals surface area contributed by atoms with Gasteiger partial charge in [-0.2, -0.15) is 9.40 Å². The van der Waals surface area contributed by atoms with Crippen LogP contribution in [0.3, 0.4) is 0 Å². The van der Waals surface area contributed by atoms with Gasteiger partial charge in [-0.25, -0.2) is 22.9 Å². The topological polar surface area (TPSA) is 88.1 Å². The molecule has 7 nitrogen and oxygen atoms in total. The van der Waals surface area contributed by atoms with Gasteiger partial charge < -0.3 is 0 Å². The maximum atomic E-state index is 12.9. The van der Waals surface area contributed by atoms with E-state index in [1.54, 1.807) is 14.9 Å². The van der Waals surface area contributed by atoms with Crippen molar-refractivity contribution in [1.82, 2.24) is 19.1 Å². The summed E-state index contributed by atoms with van der Waals surface area (Å²) in [6.07, 6.45) is 3.02. The molecule has 4 rings (SSSR count). The van der Waals surface area contributed by atoms with Crippen LogP contribution in [0.2, 0.25) is 0 Å². The van der Waals surface area contributed by atoms with Crippen molar-refractivity contribution in [2.45, 2.75) is 36.8 Å². The van der Waals surface area contributed by atoms with E-state index in [0.717, 1.165) is 29.1 Å². The number of H-pyrrole nitrogens is 1. The van der Waals surface area contributed by atoms with Gasteiger partial charge in [0.25, 0.3) is 10.0 Å². The fraction of sp³-hybridized carbons (Fsp3) is 0.444. The molecule has 1 aliphatic rings. The third kappa shape index (κ3) is 3.73. The number of rotatable bonds is 6. The second-order valence-electron chi connectivity index (χ2n) is 6.86. The number of piperidine rings is 1. The average Bonchev–Trinajstić information content (AvgIpc) is 3.43. The van der Waals surface area contributed by atoms with Crippen molar-refractivity contribution in [3.05, 3.63) is 50.8 Å². The van der Waals surface area contributed by atoms with Gasteiger partial charge in [0.05, 0.1) is 0 Å². The van der Waals surface area contributed by atoms with Gasteiger partial charge in [-0.15, -0.1) is 22.7 Å². The molecule has 1 aliphatic heterocycles. The van der Waals surface area contributed by atoms with Crippen LogP contribution in [-0.2, 0) is 22.9 Å². The molecular weight excluding hydrogens is 416 g/mol. The fourth-order valence-electron chi connectivity index (χ4n) is 3.52. The molecule has 0 atom stereocenters. The van der Waals surface area contributed by atoms with Gasteiger partial charge in [-0.05, 0) is 54.8 Å². The Balaban J connectivity index is 1.43. The third-order valence-electron chi connectivity index (χ3n) is 5.09. The zero-order valence-electron chi connectivity index (χ0n) is 15.5. The summed E-state index contributed by atoms with van der Waals surface area (Å²) in [5.41, 5.74) is -0.234. The molecule has 0 radical (unpaired) electrons. The number of hydrogen-bond acceptors (Lipinski definition) is 6. The van der Waals surface area contributed by atoms with Crippen LogP contribution in [0.1, 0.15) is 30.5 Å². The van der Waals surface area contributed by atoms with Crippen molar-refractivity contribution < 1.29 is 8.42 Å². The average molecular weight is 439 g/mol. The molecule has 0 spiro atoms. The number of aromatic amines is 1. The Labute approximate surface area is 171 Å². The summed E-state index contributed by atoms with van der Waals surface area (Å²) in [6, 6.07) is 7.41. The van der Waals surface area contributed by atoms with E-state index >= 15 is 0 Å². The van der Waals surface area contributed by atoms with Crippen molar-refractivity contribution in [2.75, 3.05) is 13.1 Å². The predicted octanol–water partition coefficient (Wildman–Crippen LogP) is 2.89. The molecule has 0 saturated carbocycles.